The molecular formula is C22H26N4O5. The quantitative estimate of drug-likeness (QED) is 0.517. The summed E-state index contributed by atoms with van der Waals surface area (Å²) in [5.74, 6) is 2.27. The van der Waals surface area contributed by atoms with Crippen LogP contribution in [-0.4, -0.2) is 59.1 Å². The molecule has 3 heterocycles. The van der Waals surface area contributed by atoms with E-state index in [9.17, 15) is 5.11 Å². The largest absolute Gasteiger partial charge is 0.507 e. The maximum absolute atomic E-state index is 10.3. The average molecular weight is 426 g/mol. The van der Waals surface area contributed by atoms with Gasteiger partial charge in [0.1, 0.15) is 18.1 Å². The number of pyridine rings is 1. The molecule has 1 unspecified atom stereocenters. The molecule has 9 heteroatoms. The van der Waals surface area contributed by atoms with E-state index in [-0.39, 0.29) is 11.8 Å². The molecule has 1 aliphatic rings. The number of hydrogen-bond donors (Lipinski definition) is 1. The highest BCUT2D eigenvalue weighted by molar-refractivity contribution is 5.60. The van der Waals surface area contributed by atoms with Crippen LogP contribution in [0.5, 0.6) is 17.4 Å². The summed E-state index contributed by atoms with van der Waals surface area (Å²) in [7, 11) is 3.20. The highest BCUT2D eigenvalue weighted by Crippen LogP contribution is 2.36. The fourth-order valence-electron chi connectivity index (χ4n) is 3.70. The smallest absolute Gasteiger partial charge is 0.244 e. The topological polar surface area (TPSA) is 103 Å². The number of aromatic nitrogens is 3. The molecule has 3 aromatic rings. The predicted molar refractivity (Wildman–Crippen MR) is 112 cm³/mol. The Hall–Kier alpha value is -3.17. The normalized spacial score (nSPS) is 16.5. The molecule has 1 aromatic carbocycles. The van der Waals surface area contributed by atoms with E-state index in [0.29, 0.717) is 48.7 Å². The van der Waals surface area contributed by atoms with Crippen molar-refractivity contribution in [3.63, 3.8) is 0 Å². The first-order chi connectivity index (χ1) is 15.2. The summed E-state index contributed by atoms with van der Waals surface area (Å²) in [5, 5.41) is 14.5. The number of aromatic hydroxyl groups is 1. The molecule has 0 saturated carbocycles. The minimum atomic E-state index is -0.0164. The summed E-state index contributed by atoms with van der Waals surface area (Å²) in [6.07, 6.45) is 3.58. The minimum Gasteiger partial charge on any atom is -0.507 e. The summed E-state index contributed by atoms with van der Waals surface area (Å²) in [6, 6.07) is 8.99. The predicted octanol–water partition coefficient (Wildman–Crippen LogP) is 3.21. The number of likely N-dealkylation sites (tertiary alicyclic amines) is 1. The van der Waals surface area contributed by atoms with E-state index in [1.165, 1.54) is 0 Å². The van der Waals surface area contributed by atoms with Crippen LogP contribution in [0.4, 0.5) is 0 Å². The second kappa shape index (κ2) is 9.76. The van der Waals surface area contributed by atoms with Gasteiger partial charge in [-0.2, -0.15) is 4.98 Å². The van der Waals surface area contributed by atoms with E-state index in [0.717, 1.165) is 24.9 Å². The molecule has 4 rings (SSSR count). The van der Waals surface area contributed by atoms with Crippen molar-refractivity contribution in [2.75, 3.05) is 34.0 Å². The second-order valence-corrected chi connectivity index (χ2v) is 7.28. The van der Waals surface area contributed by atoms with E-state index in [4.69, 9.17) is 18.7 Å². The van der Waals surface area contributed by atoms with Gasteiger partial charge in [0, 0.05) is 31.5 Å². The van der Waals surface area contributed by atoms with Crippen LogP contribution >= 0.6 is 0 Å². The molecular weight excluding hydrogens is 400 g/mol. The van der Waals surface area contributed by atoms with Gasteiger partial charge in [0.25, 0.3) is 0 Å². The summed E-state index contributed by atoms with van der Waals surface area (Å²) in [4.78, 5) is 11.2. The van der Waals surface area contributed by atoms with Gasteiger partial charge in [0.15, 0.2) is 0 Å². The van der Waals surface area contributed by atoms with Crippen LogP contribution in [0.2, 0.25) is 0 Å². The maximum atomic E-state index is 10.3. The molecule has 0 radical (unpaired) electrons. The van der Waals surface area contributed by atoms with Crippen LogP contribution in [0.3, 0.4) is 0 Å². The van der Waals surface area contributed by atoms with Crippen molar-refractivity contribution in [2.24, 2.45) is 0 Å². The van der Waals surface area contributed by atoms with Crippen LogP contribution in [-0.2, 0) is 11.3 Å². The number of nitrogens with zero attached hydrogens (tertiary/aromatic N) is 4. The SMILES string of the molecule is COCCOc1ncccc1-c1noc(C2CCCN2Cc2ccc(OC)cc2O)n1. The maximum Gasteiger partial charge on any atom is 0.244 e. The van der Waals surface area contributed by atoms with Crippen LogP contribution in [0.25, 0.3) is 11.4 Å². The van der Waals surface area contributed by atoms with Crippen molar-refractivity contribution in [3.05, 3.63) is 48.0 Å². The first-order valence-electron chi connectivity index (χ1n) is 10.2. The molecule has 164 valence electrons. The number of hydrogen-bond acceptors (Lipinski definition) is 9. The van der Waals surface area contributed by atoms with Gasteiger partial charge in [-0.1, -0.05) is 11.2 Å². The van der Waals surface area contributed by atoms with Crippen LogP contribution in [0.15, 0.2) is 41.1 Å². The van der Waals surface area contributed by atoms with Crippen molar-refractivity contribution >= 4 is 0 Å². The highest BCUT2D eigenvalue weighted by Gasteiger charge is 2.31. The molecule has 0 amide bonds. The Morgan fingerprint density at radius 3 is 2.94 bits per heavy atom. The van der Waals surface area contributed by atoms with Crippen molar-refractivity contribution in [1.29, 1.82) is 0 Å². The zero-order valence-electron chi connectivity index (χ0n) is 17.7. The molecule has 9 nitrogen and oxygen atoms in total. The van der Waals surface area contributed by atoms with Crippen molar-refractivity contribution in [1.82, 2.24) is 20.0 Å². The van der Waals surface area contributed by atoms with Gasteiger partial charge in [-0.25, -0.2) is 4.98 Å². The monoisotopic (exact) mass is 426 g/mol. The third-order valence-electron chi connectivity index (χ3n) is 5.29. The van der Waals surface area contributed by atoms with Gasteiger partial charge in [-0.05, 0) is 37.6 Å². The van der Waals surface area contributed by atoms with Crippen molar-refractivity contribution in [2.45, 2.75) is 25.4 Å². The number of benzene rings is 1. The fraction of sp³-hybridized carbons (Fsp3) is 0.409. The molecule has 1 atom stereocenters. The van der Waals surface area contributed by atoms with Gasteiger partial charge < -0.3 is 23.8 Å². The highest BCUT2D eigenvalue weighted by atomic mass is 16.5. The summed E-state index contributed by atoms with van der Waals surface area (Å²) in [5.41, 5.74) is 1.50. The Morgan fingerprint density at radius 2 is 2.13 bits per heavy atom. The average Bonchev–Trinajstić information content (AvgIpc) is 3.45. The van der Waals surface area contributed by atoms with E-state index in [1.807, 2.05) is 24.3 Å². The Bertz CT molecular complexity index is 1010. The lowest BCUT2D eigenvalue weighted by molar-refractivity contribution is 0.144. The summed E-state index contributed by atoms with van der Waals surface area (Å²) < 4.78 is 21.5. The zero-order valence-corrected chi connectivity index (χ0v) is 17.7. The van der Waals surface area contributed by atoms with E-state index in [2.05, 4.69) is 20.0 Å². The van der Waals surface area contributed by atoms with Crippen LogP contribution < -0.4 is 9.47 Å². The number of phenolic OH excluding ortho intramolecular Hbond substituents is 1. The Balaban J connectivity index is 1.51. The number of ether oxygens (including phenoxy) is 3. The molecule has 0 aliphatic carbocycles. The lowest BCUT2D eigenvalue weighted by atomic mass is 10.1. The van der Waals surface area contributed by atoms with Gasteiger partial charge in [0.05, 0.1) is 25.3 Å². The molecule has 1 fully saturated rings. The summed E-state index contributed by atoms with van der Waals surface area (Å²) >= 11 is 0. The van der Waals surface area contributed by atoms with E-state index in [1.54, 1.807) is 26.5 Å². The Morgan fingerprint density at radius 1 is 1.23 bits per heavy atom. The Kier molecular flexibility index (Phi) is 6.63. The molecule has 0 spiro atoms. The van der Waals surface area contributed by atoms with Gasteiger partial charge in [0.2, 0.25) is 17.6 Å². The third-order valence-corrected chi connectivity index (χ3v) is 5.29. The van der Waals surface area contributed by atoms with E-state index >= 15 is 0 Å². The molecule has 1 N–H and O–H groups in total. The van der Waals surface area contributed by atoms with Crippen LogP contribution in [0.1, 0.15) is 30.3 Å². The Labute approximate surface area is 180 Å². The minimum absolute atomic E-state index is 0.0164. The van der Waals surface area contributed by atoms with Crippen molar-refractivity contribution in [3.8, 4) is 28.8 Å². The standard InChI is InChI=1S/C22H26N4O5/c1-28-11-12-30-21-17(5-3-9-23-21)20-24-22(31-25-20)18-6-4-10-26(18)14-15-7-8-16(29-2)13-19(15)27/h3,5,7-9,13,18,27H,4,6,10-12,14H2,1-2H3. The number of rotatable bonds is 9. The molecule has 1 aliphatic heterocycles. The fourth-order valence-corrected chi connectivity index (χ4v) is 3.70. The van der Waals surface area contributed by atoms with Crippen LogP contribution in [0, 0.1) is 0 Å². The first kappa shape index (κ1) is 21.1. The van der Waals surface area contributed by atoms with Gasteiger partial charge >= 0.3 is 0 Å². The van der Waals surface area contributed by atoms with Gasteiger partial charge in [-0.3, -0.25) is 4.90 Å². The third kappa shape index (κ3) is 4.78. The van der Waals surface area contributed by atoms with Crippen molar-refractivity contribution < 1.29 is 23.8 Å². The second-order valence-electron chi connectivity index (χ2n) is 7.28. The summed E-state index contributed by atoms with van der Waals surface area (Å²) in [6.45, 7) is 2.30. The zero-order chi connectivity index (χ0) is 21.6. The number of methoxy groups -OCH3 is 2. The molecule has 31 heavy (non-hydrogen) atoms. The molecule has 0 bridgehead atoms. The first-order valence-corrected chi connectivity index (χ1v) is 10.2. The lowest BCUT2D eigenvalue weighted by Crippen LogP contribution is -2.23. The molecule has 2 aromatic heterocycles. The molecule has 1 saturated heterocycles. The number of phenols is 1. The van der Waals surface area contributed by atoms with E-state index < -0.39 is 0 Å². The lowest BCUT2D eigenvalue weighted by Gasteiger charge is -2.22. The van der Waals surface area contributed by atoms with Gasteiger partial charge in [-0.15, -0.1) is 0 Å².